The Balaban J connectivity index is 2.78. The number of rotatable bonds is 3. The third kappa shape index (κ3) is 6.70. The summed E-state index contributed by atoms with van der Waals surface area (Å²) < 4.78 is 0. The number of alkyl halides is 2. The average Bonchev–Trinajstić information content (AvgIpc) is 1.69. The van der Waals surface area contributed by atoms with Crippen LogP contribution in [-0.4, -0.2) is 10.7 Å². The van der Waals surface area contributed by atoms with Crippen LogP contribution in [0.15, 0.2) is 12.2 Å². The second-order valence-electron chi connectivity index (χ2n) is 1.10. The Kier molecular flexibility index (Phi) is 7.37. The smallest absolute Gasteiger partial charge is 0.0212 e. The van der Waals surface area contributed by atoms with Gasteiger partial charge in [-0.1, -0.05) is 44.0 Å². The number of allylic oxidation sites excluding steroid dienone is 2. The molecule has 0 N–H and O–H groups in total. The molecular weight excluding hydrogens is 220 g/mol. The maximum absolute atomic E-state index is 3.31. The van der Waals surface area contributed by atoms with E-state index < -0.39 is 0 Å². The summed E-state index contributed by atoms with van der Waals surface area (Å²) >= 11 is 6.59. The van der Waals surface area contributed by atoms with Gasteiger partial charge in [0.15, 0.2) is 0 Å². The summed E-state index contributed by atoms with van der Waals surface area (Å²) in [7, 11) is 0. The molecule has 0 saturated heterocycles. The van der Waals surface area contributed by atoms with Gasteiger partial charge < -0.3 is 0 Å². The number of hydrogen-bond donors (Lipinski definition) is 0. The first-order chi connectivity index (χ1) is 3.41. The molecule has 0 aromatic carbocycles. The molecule has 0 aromatic heterocycles. The van der Waals surface area contributed by atoms with Crippen molar-refractivity contribution < 1.29 is 0 Å². The molecule has 0 amide bonds. The molecule has 7 heavy (non-hydrogen) atoms. The molecule has 0 aliphatic heterocycles. The molecule has 0 aromatic rings. The molecule has 2 heteroatoms. The monoisotopic (exact) mass is 226 g/mol. The normalized spacial score (nSPS) is 10.6. The first-order valence-electron chi connectivity index (χ1n) is 2.18. The van der Waals surface area contributed by atoms with E-state index in [1.165, 1.54) is 0 Å². The first kappa shape index (κ1) is 7.70. The highest BCUT2D eigenvalue weighted by Crippen LogP contribution is 1.89. The van der Waals surface area contributed by atoms with Crippen molar-refractivity contribution in [1.29, 1.82) is 0 Å². The highest BCUT2D eigenvalue weighted by atomic mass is 79.9. The van der Waals surface area contributed by atoms with Gasteiger partial charge in [-0.2, -0.15) is 0 Å². The fourth-order valence-corrected chi connectivity index (χ4v) is 0.773. The van der Waals surface area contributed by atoms with Crippen molar-refractivity contribution in [3.8, 4) is 0 Å². The van der Waals surface area contributed by atoms with Gasteiger partial charge in [0.2, 0.25) is 0 Å². The molecular formula is C5H8Br2. The highest BCUT2D eigenvalue weighted by molar-refractivity contribution is 9.09. The molecule has 0 aliphatic carbocycles. The molecule has 0 bridgehead atoms. The van der Waals surface area contributed by atoms with E-state index in [0.717, 1.165) is 17.1 Å². The van der Waals surface area contributed by atoms with Crippen LogP contribution in [0.5, 0.6) is 0 Å². The van der Waals surface area contributed by atoms with E-state index in [-0.39, 0.29) is 0 Å². The van der Waals surface area contributed by atoms with Crippen molar-refractivity contribution in [1.82, 2.24) is 0 Å². The highest BCUT2D eigenvalue weighted by Gasteiger charge is 1.70. The van der Waals surface area contributed by atoms with Crippen LogP contribution in [0.1, 0.15) is 6.42 Å². The Morgan fingerprint density at radius 1 is 1.14 bits per heavy atom. The van der Waals surface area contributed by atoms with Crippen LogP contribution in [0, 0.1) is 0 Å². The summed E-state index contributed by atoms with van der Waals surface area (Å²) in [6.07, 6.45) is 5.37. The van der Waals surface area contributed by atoms with E-state index in [9.17, 15) is 0 Å². The van der Waals surface area contributed by atoms with E-state index >= 15 is 0 Å². The van der Waals surface area contributed by atoms with E-state index in [1.807, 2.05) is 0 Å². The van der Waals surface area contributed by atoms with Gasteiger partial charge in [-0.05, 0) is 6.42 Å². The van der Waals surface area contributed by atoms with Crippen molar-refractivity contribution in [2.45, 2.75) is 6.42 Å². The molecule has 0 radical (unpaired) electrons. The topological polar surface area (TPSA) is 0 Å². The lowest BCUT2D eigenvalue weighted by Gasteiger charge is -1.77. The Morgan fingerprint density at radius 3 is 2.29 bits per heavy atom. The summed E-state index contributed by atoms with van der Waals surface area (Å²) in [4.78, 5) is 0. The predicted molar refractivity (Wildman–Crippen MR) is 41.3 cm³/mol. The van der Waals surface area contributed by atoms with Gasteiger partial charge in [0.05, 0.1) is 0 Å². The van der Waals surface area contributed by atoms with Crippen molar-refractivity contribution in [3.05, 3.63) is 12.2 Å². The van der Waals surface area contributed by atoms with Crippen molar-refractivity contribution in [3.63, 3.8) is 0 Å². The van der Waals surface area contributed by atoms with E-state index in [1.54, 1.807) is 0 Å². The standard InChI is InChI=1S/C5H8Br2/c6-4-2-1-3-5-7/h1-2H,3-5H2/b2-1-. The summed E-state index contributed by atoms with van der Waals surface area (Å²) in [6, 6.07) is 0. The Labute approximate surface area is 61.2 Å². The lowest BCUT2D eigenvalue weighted by Crippen LogP contribution is -1.65. The number of hydrogen-bond acceptors (Lipinski definition) is 0. The fraction of sp³-hybridized carbons (Fsp3) is 0.600. The molecule has 0 heterocycles. The van der Waals surface area contributed by atoms with E-state index in [2.05, 4.69) is 44.0 Å². The van der Waals surface area contributed by atoms with Crippen LogP contribution in [-0.2, 0) is 0 Å². The quantitative estimate of drug-likeness (QED) is 0.514. The van der Waals surface area contributed by atoms with Gasteiger partial charge in [0, 0.05) is 10.7 Å². The lowest BCUT2D eigenvalue weighted by molar-refractivity contribution is 1.25. The van der Waals surface area contributed by atoms with Crippen LogP contribution >= 0.6 is 31.9 Å². The van der Waals surface area contributed by atoms with Crippen molar-refractivity contribution in [2.24, 2.45) is 0 Å². The molecule has 0 unspecified atom stereocenters. The summed E-state index contributed by atoms with van der Waals surface area (Å²) in [5.74, 6) is 0. The van der Waals surface area contributed by atoms with Crippen LogP contribution in [0.4, 0.5) is 0 Å². The molecule has 0 spiro atoms. The minimum atomic E-state index is 0.972. The zero-order valence-corrected chi connectivity index (χ0v) is 7.20. The lowest BCUT2D eigenvalue weighted by atomic mass is 10.4. The van der Waals surface area contributed by atoms with Crippen molar-refractivity contribution >= 4 is 31.9 Å². The van der Waals surface area contributed by atoms with Gasteiger partial charge in [0.1, 0.15) is 0 Å². The summed E-state index contributed by atoms with van der Waals surface area (Å²) in [6.45, 7) is 0. The predicted octanol–water partition coefficient (Wildman–Crippen LogP) is 2.72. The first-order valence-corrected chi connectivity index (χ1v) is 4.43. The Hall–Kier alpha value is 0.700. The van der Waals surface area contributed by atoms with Gasteiger partial charge in [-0.3, -0.25) is 0 Å². The second-order valence-corrected chi connectivity index (χ2v) is 2.54. The molecule has 0 nitrogen and oxygen atoms in total. The van der Waals surface area contributed by atoms with Gasteiger partial charge in [0.25, 0.3) is 0 Å². The Bertz CT molecular complexity index is 50.0. The maximum atomic E-state index is 3.31. The summed E-state index contributed by atoms with van der Waals surface area (Å²) in [5.41, 5.74) is 0. The van der Waals surface area contributed by atoms with E-state index in [4.69, 9.17) is 0 Å². The zero-order chi connectivity index (χ0) is 5.54. The Morgan fingerprint density at radius 2 is 1.86 bits per heavy atom. The molecule has 0 aliphatic rings. The van der Waals surface area contributed by atoms with Gasteiger partial charge >= 0.3 is 0 Å². The van der Waals surface area contributed by atoms with Gasteiger partial charge in [-0.15, -0.1) is 0 Å². The average molecular weight is 228 g/mol. The SMILES string of the molecule is BrC/C=C\CCBr. The molecule has 0 saturated carbocycles. The molecule has 0 fully saturated rings. The molecule has 0 rings (SSSR count). The van der Waals surface area contributed by atoms with Crippen LogP contribution in [0.3, 0.4) is 0 Å². The summed E-state index contributed by atoms with van der Waals surface area (Å²) in [5, 5.41) is 2.04. The van der Waals surface area contributed by atoms with Gasteiger partial charge in [-0.25, -0.2) is 0 Å². The maximum Gasteiger partial charge on any atom is 0.0212 e. The van der Waals surface area contributed by atoms with Crippen LogP contribution < -0.4 is 0 Å². The van der Waals surface area contributed by atoms with Crippen LogP contribution in [0.2, 0.25) is 0 Å². The van der Waals surface area contributed by atoms with Crippen molar-refractivity contribution in [2.75, 3.05) is 10.7 Å². The fourth-order valence-electron chi connectivity index (χ4n) is 0.244. The largest absolute Gasteiger partial charge is 0.0925 e. The van der Waals surface area contributed by atoms with E-state index in [0.29, 0.717) is 0 Å². The molecule has 0 atom stereocenters. The third-order valence-electron chi connectivity index (χ3n) is 0.532. The number of halogens is 2. The zero-order valence-electron chi connectivity index (χ0n) is 4.03. The third-order valence-corrected chi connectivity index (χ3v) is 1.36. The van der Waals surface area contributed by atoms with Crippen LogP contribution in [0.25, 0.3) is 0 Å². The molecule has 42 valence electrons. The minimum absolute atomic E-state index is 0.972. The second kappa shape index (κ2) is 6.70. The minimum Gasteiger partial charge on any atom is -0.0925 e.